The van der Waals surface area contributed by atoms with Crippen LogP contribution in [0.15, 0.2) is 72.8 Å². The molecule has 0 amide bonds. The molecule has 0 saturated carbocycles. The lowest BCUT2D eigenvalue weighted by atomic mass is 10.2. The van der Waals surface area contributed by atoms with Crippen molar-refractivity contribution in [2.24, 2.45) is 0 Å². The Kier molecular flexibility index (Phi) is 16.2. The van der Waals surface area contributed by atoms with Crippen LogP contribution in [0.1, 0.15) is 0 Å². The molecule has 308 valence electrons. The van der Waals surface area contributed by atoms with E-state index in [1.54, 1.807) is 0 Å². The highest BCUT2D eigenvalue weighted by Crippen LogP contribution is 2.34. The number of nitro benzene ring substituents is 2. The van der Waals surface area contributed by atoms with Crippen molar-refractivity contribution < 1.29 is 99.0 Å². The summed E-state index contributed by atoms with van der Waals surface area (Å²) >= 11 is 0. The number of benzene rings is 4. The summed E-state index contributed by atoms with van der Waals surface area (Å²) in [5, 5.41) is 20.5. The smallest absolute Gasteiger partial charge is 0.406 e. The Labute approximate surface area is 298 Å². The number of nitro groups is 2. The third kappa shape index (κ3) is 18.9. The first-order valence-electron chi connectivity index (χ1n) is 13.4. The third-order valence-electron chi connectivity index (χ3n) is 5.08. The average molecular weight is 840 g/mol. The Bertz CT molecular complexity index is 1960. The normalized spacial score (nSPS) is 11.3. The minimum Gasteiger partial charge on any atom is -0.406 e. The fraction of sp³-hybridized carbons (Fsp3) is 0.143. The van der Waals surface area contributed by atoms with Gasteiger partial charge in [-0.05, 0) is 30.3 Å². The van der Waals surface area contributed by atoms with Crippen LogP contribution >= 0.6 is 0 Å². The molecule has 0 saturated heterocycles. The first kappa shape index (κ1) is 47.4. The molecular weight excluding hydrogens is 824 g/mol. The van der Waals surface area contributed by atoms with Crippen LogP contribution < -0.4 is 30.4 Å². The lowest BCUT2D eigenvalue weighted by Gasteiger charge is -2.10. The quantitative estimate of drug-likeness (QED) is 0.0823. The van der Waals surface area contributed by atoms with Gasteiger partial charge in [-0.25, -0.2) is 13.2 Å². The van der Waals surface area contributed by atoms with Crippen LogP contribution in [0.5, 0.6) is 23.0 Å². The highest BCUT2D eigenvalue weighted by Gasteiger charge is 2.35. The van der Waals surface area contributed by atoms with E-state index in [4.69, 9.17) is 11.5 Å². The van der Waals surface area contributed by atoms with Crippen molar-refractivity contribution in [2.75, 3.05) is 11.5 Å². The number of nitrogens with two attached hydrogens (primary N) is 2. The Morgan fingerprint density at radius 1 is 0.464 bits per heavy atom. The molecule has 0 fully saturated rings. The van der Waals surface area contributed by atoms with Crippen LogP contribution in [0.4, 0.5) is 93.0 Å². The molecule has 4 N–H and O–H groups in total. The minimum atomic E-state index is -5.10. The summed E-state index contributed by atoms with van der Waals surface area (Å²) in [5.74, 6) is -7.60. The summed E-state index contributed by atoms with van der Waals surface area (Å²) < 4.78 is 204. The maximum absolute atomic E-state index is 12.9. The Morgan fingerprint density at radius 2 is 0.875 bits per heavy atom. The number of hydrogen-bond acceptors (Lipinski definition) is 10. The number of hydrogen-bond donors (Lipinski definition) is 2. The molecule has 0 radical (unpaired) electrons. The van der Waals surface area contributed by atoms with E-state index in [9.17, 15) is 90.5 Å². The Morgan fingerprint density at radius 3 is 1.32 bits per heavy atom. The molecule has 0 heterocycles. The average Bonchev–Trinajstić information content (AvgIpc) is 2.98. The zero-order valence-corrected chi connectivity index (χ0v) is 26.3. The second-order valence-electron chi connectivity index (χ2n) is 9.30. The summed E-state index contributed by atoms with van der Waals surface area (Å²) in [6, 6.07) is 8.59. The van der Waals surface area contributed by atoms with Crippen LogP contribution in [0.2, 0.25) is 0 Å². The van der Waals surface area contributed by atoms with Gasteiger partial charge in [0.1, 0.15) is 23.2 Å². The Balaban J connectivity index is 0.000000375. The van der Waals surface area contributed by atoms with Crippen molar-refractivity contribution in [3.63, 3.8) is 0 Å². The summed E-state index contributed by atoms with van der Waals surface area (Å²) in [6.45, 7) is 0. The van der Waals surface area contributed by atoms with Gasteiger partial charge in [-0.1, -0.05) is 6.07 Å². The number of ether oxygens (including phenoxy) is 4. The molecular formula is C28H16F16N4O8. The van der Waals surface area contributed by atoms with Gasteiger partial charge >= 0.3 is 36.8 Å². The fourth-order valence-corrected chi connectivity index (χ4v) is 3.14. The SMILES string of the molecule is Fc1cccc(OC(F)(F)F)c1.Nc1cc([N+](=O)[O-])c(F)cc1OC(F)(F)F.Nc1ccc(F)cc1OC(F)(F)F.O=[N+]([O-])c1ccc(F)cc1OC(F)(F)F. The van der Waals surface area contributed by atoms with E-state index < -0.39 is 98.6 Å². The van der Waals surface area contributed by atoms with Crippen molar-refractivity contribution in [3.8, 4) is 23.0 Å². The molecule has 4 aromatic rings. The van der Waals surface area contributed by atoms with Crippen LogP contribution in [-0.4, -0.2) is 35.3 Å². The van der Waals surface area contributed by atoms with Crippen molar-refractivity contribution in [1.82, 2.24) is 0 Å². The first-order valence-corrected chi connectivity index (χ1v) is 13.4. The molecule has 4 aromatic carbocycles. The lowest BCUT2D eigenvalue weighted by Crippen LogP contribution is -2.18. The maximum atomic E-state index is 12.9. The van der Waals surface area contributed by atoms with Crippen molar-refractivity contribution in [3.05, 3.63) is 116 Å². The Hall–Kier alpha value is -6.64. The number of rotatable bonds is 6. The predicted octanol–water partition coefficient (Wildman–Crippen LogP) is 9.88. The van der Waals surface area contributed by atoms with Gasteiger partial charge in [0.15, 0.2) is 11.5 Å². The lowest BCUT2D eigenvalue weighted by molar-refractivity contribution is -0.388. The molecule has 4 rings (SSSR count). The van der Waals surface area contributed by atoms with Crippen molar-refractivity contribution in [1.29, 1.82) is 0 Å². The predicted molar refractivity (Wildman–Crippen MR) is 154 cm³/mol. The summed E-state index contributed by atoms with van der Waals surface area (Å²) in [5.41, 5.74) is 7.23. The van der Waals surface area contributed by atoms with E-state index in [0.29, 0.717) is 36.4 Å². The van der Waals surface area contributed by atoms with Gasteiger partial charge in [0.05, 0.1) is 21.2 Å². The molecule has 0 aliphatic heterocycles. The van der Waals surface area contributed by atoms with Crippen LogP contribution in [-0.2, 0) is 0 Å². The van der Waals surface area contributed by atoms with Crippen molar-refractivity contribution in [2.45, 2.75) is 25.4 Å². The number of halogens is 16. The van der Waals surface area contributed by atoms with Gasteiger partial charge in [0.2, 0.25) is 11.6 Å². The number of alkyl halides is 12. The van der Waals surface area contributed by atoms with Crippen LogP contribution in [0.3, 0.4) is 0 Å². The second-order valence-corrected chi connectivity index (χ2v) is 9.30. The summed E-state index contributed by atoms with van der Waals surface area (Å²) in [7, 11) is 0. The molecule has 56 heavy (non-hydrogen) atoms. The summed E-state index contributed by atoms with van der Waals surface area (Å²) in [4.78, 5) is 18.3. The topological polar surface area (TPSA) is 175 Å². The zero-order valence-electron chi connectivity index (χ0n) is 26.3. The van der Waals surface area contributed by atoms with Gasteiger partial charge in [-0.2, -0.15) is 4.39 Å². The monoisotopic (exact) mass is 840 g/mol. The van der Waals surface area contributed by atoms with Gasteiger partial charge in [-0.3, -0.25) is 20.2 Å². The number of nitrogen functional groups attached to an aromatic ring is 2. The van der Waals surface area contributed by atoms with Gasteiger partial charge < -0.3 is 30.4 Å². The highest BCUT2D eigenvalue weighted by molar-refractivity contribution is 5.59. The van der Waals surface area contributed by atoms with Gasteiger partial charge in [-0.15, -0.1) is 52.7 Å². The standard InChI is InChI=1S/C7H4F4N2O3.C7H3F4NO3.C7H5F4NO.C7H4F4O/c8-3-1-6(16-7(9,10)11)4(12)2-5(3)13(14)15;8-4-1-2-5(12(13)14)6(3-4)15-7(9,10)11;8-4-1-2-5(12)6(3-4)13-7(9,10)11;8-5-2-1-3-6(4-5)12-7(9,10)11/h1-2H,12H2;1-3H;1-3H,12H2;1-4H. The molecule has 12 nitrogen and oxygen atoms in total. The van der Waals surface area contributed by atoms with E-state index in [1.165, 1.54) is 0 Å². The largest absolute Gasteiger partial charge is 0.573 e. The second kappa shape index (κ2) is 19.1. The molecule has 0 aliphatic rings. The molecule has 0 bridgehead atoms. The molecule has 0 aliphatic carbocycles. The van der Waals surface area contributed by atoms with Gasteiger partial charge in [0, 0.05) is 36.4 Å². The van der Waals surface area contributed by atoms with E-state index in [2.05, 4.69) is 18.9 Å². The van der Waals surface area contributed by atoms with Crippen molar-refractivity contribution >= 4 is 22.7 Å². The first-order chi connectivity index (χ1) is 25.4. The highest BCUT2D eigenvalue weighted by atomic mass is 19.4. The number of nitrogens with zero attached hydrogens (tertiary/aromatic N) is 2. The van der Waals surface area contributed by atoms with Gasteiger partial charge in [0.25, 0.3) is 0 Å². The van der Waals surface area contributed by atoms with E-state index in [-0.39, 0.29) is 11.8 Å². The number of anilines is 2. The molecule has 0 unspecified atom stereocenters. The third-order valence-corrected chi connectivity index (χ3v) is 5.08. The van der Waals surface area contributed by atoms with E-state index in [1.807, 2.05) is 0 Å². The molecule has 28 heteroatoms. The molecule has 0 spiro atoms. The maximum Gasteiger partial charge on any atom is 0.573 e. The van der Waals surface area contributed by atoms with Crippen LogP contribution in [0.25, 0.3) is 0 Å². The molecule has 0 aromatic heterocycles. The van der Waals surface area contributed by atoms with E-state index in [0.717, 1.165) is 30.3 Å². The summed E-state index contributed by atoms with van der Waals surface area (Å²) in [6.07, 6.45) is -19.8. The fourth-order valence-electron chi connectivity index (χ4n) is 3.14. The van der Waals surface area contributed by atoms with E-state index >= 15 is 0 Å². The minimum absolute atomic E-state index is 0.209. The van der Waals surface area contributed by atoms with Crippen LogP contribution in [0, 0.1) is 43.5 Å². The zero-order chi connectivity index (χ0) is 43.4. The molecule has 0 atom stereocenters.